The second-order valence-electron chi connectivity index (χ2n) is 8.24. The fraction of sp³-hybridized carbons (Fsp3) is 0.200. The van der Waals surface area contributed by atoms with Crippen LogP contribution in [-0.4, -0.2) is 57.3 Å². The molecule has 5 rings (SSSR count). The largest absolute Gasteiger partial charge is 0.493 e. The summed E-state index contributed by atoms with van der Waals surface area (Å²) in [6.45, 7) is 0.641. The van der Waals surface area contributed by atoms with E-state index in [2.05, 4.69) is 10.3 Å². The van der Waals surface area contributed by atoms with Crippen molar-refractivity contribution in [2.24, 2.45) is 4.99 Å². The van der Waals surface area contributed by atoms with Crippen LogP contribution < -0.4 is 5.32 Å². The van der Waals surface area contributed by atoms with E-state index in [4.69, 9.17) is 28.2 Å². The molecule has 0 unspecified atom stereocenters. The number of carbonyl (C=O) groups is 2. The molecule has 2 atom stereocenters. The lowest BCUT2D eigenvalue weighted by Gasteiger charge is -2.35. The third-order valence-corrected chi connectivity index (χ3v) is 6.54. The van der Waals surface area contributed by atoms with Crippen LogP contribution in [0.1, 0.15) is 28.8 Å². The number of aromatic hydroxyl groups is 1. The number of carbonyl (C=O) groups excluding carboxylic acids is 2. The molecule has 2 aromatic carbocycles. The summed E-state index contributed by atoms with van der Waals surface area (Å²) in [6, 6.07) is 16.3. The molecule has 0 bridgehead atoms. The molecule has 0 spiro atoms. The number of hydrogen-bond acceptors (Lipinski definition) is 5. The molecule has 2 aliphatic rings. The van der Waals surface area contributed by atoms with Gasteiger partial charge in [-0.1, -0.05) is 47.5 Å². The summed E-state index contributed by atoms with van der Waals surface area (Å²) in [5, 5.41) is 14.4. The van der Waals surface area contributed by atoms with Gasteiger partial charge in [0.2, 0.25) is 11.8 Å². The van der Waals surface area contributed by atoms with Gasteiger partial charge in [0.15, 0.2) is 0 Å². The Balaban J connectivity index is 1.68. The predicted octanol–water partition coefficient (Wildman–Crippen LogP) is 4.19. The number of nitrogens with one attached hydrogen (secondary N) is 1. The first kappa shape index (κ1) is 23.1. The lowest BCUT2D eigenvalue weighted by molar-refractivity contribution is -0.123. The number of nitrogens with zero attached hydrogens (tertiary/aromatic N) is 4. The molecule has 3 aromatic rings. The van der Waals surface area contributed by atoms with Gasteiger partial charge in [0, 0.05) is 29.3 Å². The minimum Gasteiger partial charge on any atom is -0.493 e. The molecule has 35 heavy (non-hydrogen) atoms. The Kier molecular flexibility index (Phi) is 6.32. The maximum atomic E-state index is 14.0. The molecule has 3 amide bonds. The number of amidine groups is 1. The van der Waals surface area contributed by atoms with E-state index in [1.165, 1.54) is 16.0 Å². The Bertz CT molecular complexity index is 1300. The van der Waals surface area contributed by atoms with Gasteiger partial charge in [-0.15, -0.1) is 0 Å². The van der Waals surface area contributed by atoms with Crippen molar-refractivity contribution >= 4 is 41.0 Å². The molecule has 10 heteroatoms. The van der Waals surface area contributed by atoms with Gasteiger partial charge >= 0.3 is 6.03 Å². The third-order valence-electron chi connectivity index (χ3n) is 6.03. The minimum atomic E-state index is -0.569. The van der Waals surface area contributed by atoms with Crippen LogP contribution in [0.2, 0.25) is 10.0 Å². The molecule has 8 nitrogen and oxygen atoms in total. The molecule has 0 radical (unpaired) electrons. The zero-order chi connectivity index (χ0) is 24.5. The highest BCUT2D eigenvalue weighted by molar-refractivity contribution is 6.30. The standard InChI is InChI=1S/C25H21Cl2N5O3/c26-17-7-3-15(4-8-17)21-22(16-5-9-18(27)10-6-16)32(25(35)31-13-12-28-20(33)14-31)23(30-21)19-2-1-11-29-24(19)34/h1-11,21-22H,12-14H2,(H,28,33)(H,29,34)/t21-,22+/m0/s1. The van der Waals surface area contributed by atoms with Crippen molar-refractivity contribution in [2.75, 3.05) is 19.6 Å². The molecule has 1 fully saturated rings. The highest BCUT2D eigenvalue weighted by Crippen LogP contribution is 2.45. The van der Waals surface area contributed by atoms with Crippen molar-refractivity contribution in [3.8, 4) is 5.88 Å². The first-order valence-corrected chi connectivity index (χ1v) is 11.8. The summed E-state index contributed by atoms with van der Waals surface area (Å²) in [5.74, 6) is -0.206. The monoisotopic (exact) mass is 509 g/mol. The van der Waals surface area contributed by atoms with Crippen LogP contribution in [-0.2, 0) is 4.79 Å². The molecule has 2 aliphatic heterocycles. The van der Waals surface area contributed by atoms with Crippen LogP contribution in [0.15, 0.2) is 71.9 Å². The van der Waals surface area contributed by atoms with Gasteiger partial charge in [0.1, 0.15) is 18.4 Å². The van der Waals surface area contributed by atoms with Crippen molar-refractivity contribution in [1.29, 1.82) is 0 Å². The molecule has 1 saturated heterocycles. The van der Waals surface area contributed by atoms with Gasteiger partial charge in [0.05, 0.1) is 11.6 Å². The van der Waals surface area contributed by atoms with Gasteiger partial charge < -0.3 is 15.3 Å². The molecule has 3 heterocycles. The van der Waals surface area contributed by atoms with Crippen LogP contribution in [0, 0.1) is 0 Å². The van der Waals surface area contributed by atoms with Crippen LogP contribution >= 0.6 is 23.2 Å². The number of amides is 3. The van der Waals surface area contributed by atoms with Crippen molar-refractivity contribution in [1.82, 2.24) is 20.1 Å². The number of rotatable bonds is 3. The van der Waals surface area contributed by atoms with E-state index in [1.54, 1.807) is 36.4 Å². The van der Waals surface area contributed by atoms with Crippen LogP contribution in [0.3, 0.4) is 0 Å². The number of hydrogen-bond donors (Lipinski definition) is 2. The topological polar surface area (TPSA) is 98.1 Å². The van der Waals surface area contributed by atoms with E-state index >= 15 is 0 Å². The summed E-state index contributed by atoms with van der Waals surface area (Å²) in [6.07, 6.45) is 1.46. The Morgan fingerprint density at radius 2 is 1.66 bits per heavy atom. The van der Waals surface area contributed by atoms with Gasteiger partial charge in [-0.05, 0) is 47.5 Å². The smallest absolute Gasteiger partial charge is 0.326 e. The Hall–Kier alpha value is -3.62. The Morgan fingerprint density at radius 1 is 1.00 bits per heavy atom. The van der Waals surface area contributed by atoms with Crippen molar-refractivity contribution < 1.29 is 14.7 Å². The molecule has 1 aromatic heterocycles. The second-order valence-corrected chi connectivity index (χ2v) is 9.12. The first-order chi connectivity index (χ1) is 16.9. The van der Waals surface area contributed by atoms with E-state index in [1.807, 2.05) is 24.3 Å². The van der Waals surface area contributed by atoms with Gasteiger partial charge in [-0.3, -0.25) is 14.7 Å². The minimum absolute atomic E-state index is 0.0689. The number of benzene rings is 2. The molecule has 178 valence electrons. The number of aromatic nitrogens is 1. The Labute approximate surface area is 211 Å². The average molecular weight is 510 g/mol. The lowest BCUT2D eigenvalue weighted by Crippen LogP contribution is -2.55. The van der Waals surface area contributed by atoms with Gasteiger partial charge in [-0.2, -0.15) is 0 Å². The predicted molar refractivity (Wildman–Crippen MR) is 133 cm³/mol. The SMILES string of the molecule is O=C1CN(C(=O)N2C(c3cccnc3O)=N[C@@H](c3ccc(Cl)cc3)[C@H]2c2ccc(Cl)cc2)CCN1. The van der Waals surface area contributed by atoms with E-state index < -0.39 is 18.1 Å². The number of aliphatic imine (C=N–C) groups is 1. The number of urea groups is 1. The summed E-state index contributed by atoms with van der Waals surface area (Å²) < 4.78 is 0. The number of pyridine rings is 1. The summed E-state index contributed by atoms with van der Waals surface area (Å²) >= 11 is 12.3. The maximum absolute atomic E-state index is 14.0. The highest BCUT2D eigenvalue weighted by atomic mass is 35.5. The number of halogens is 2. The molecule has 0 saturated carbocycles. The van der Waals surface area contributed by atoms with Crippen molar-refractivity contribution in [2.45, 2.75) is 12.1 Å². The zero-order valence-electron chi connectivity index (χ0n) is 18.4. The molecule has 0 aliphatic carbocycles. The molecular weight excluding hydrogens is 489 g/mol. The quantitative estimate of drug-likeness (QED) is 0.552. The molecular formula is C25H21Cl2N5O3. The van der Waals surface area contributed by atoms with Gasteiger partial charge in [-0.25, -0.2) is 9.78 Å². The summed E-state index contributed by atoms with van der Waals surface area (Å²) in [4.78, 5) is 38.0. The van der Waals surface area contributed by atoms with E-state index in [0.717, 1.165) is 11.1 Å². The Morgan fingerprint density at radius 3 is 2.29 bits per heavy atom. The first-order valence-electron chi connectivity index (χ1n) is 11.0. The van der Waals surface area contributed by atoms with Crippen molar-refractivity contribution in [3.05, 3.63) is 93.6 Å². The zero-order valence-corrected chi connectivity index (χ0v) is 19.9. The summed E-state index contributed by atoms with van der Waals surface area (Å²) in [7, 11) is 0. The van der Waals surface area contributed by atoms with Crippen LogP contribution in [0.25, 0.3) is 0 Å². The van der Waals surface area contributed by atoms with Gasteiger partial charge in [0.25, 0.3) is 0 Å². The highest BCUT2D eigenvalue weighted by Gasteiger charge is 2.45. The van der Waals surface area contributed by atoms with E-state index in [9.17, 15) is 14.7 Å². The summed E-state index contributed by atoms with van der Waals surface area (Å²) in [5.41, 5.74) is 1.95. The van der Waals surface area contributed by atoms with Crippen LogP contribution in [0.4, 0.5) is 4.79 Å². The fourth-order valence-electron chi connectivity index (χ4n) is 4.38. The van der Waals surface area contributed by atoms with E-state index in [0.29, 0.717) is 28.7 Å². The lowest BCUT2D eigenvalue weighted by atomic mass is 9.93. The second kappa shape index (κ2) is 9.56. The van der Waals surface area contributed by atoms with E-state index in [-0.39, 0.29) is 24.2 Å². The molecule has 2 N–H and O–H groups in total. The van der Waals surface area contributed by atoms with Crippen LogP contribution in [0.5, 0.6) is 5.88 Å². The maximum Gasteiger partial charge on any atom is 0.326 e. The third kappa shape index (κ3) is 4.54. The van der Waals surface area contributed by atoms with Crippen molar-refractivity contribution in [3.63, 3.8) is 0 Å². The number of piperazine rings is 1. The average Bonchev–Trinajstić information content (AvgIpc) is 3.25. The fourth-order valence-corrected chi connectivity index (χ4v) is 4.63. The normalized spacial score (nSPS) is 19.9.